The predicted molar refractivity (Wildman–Crippen MR) is 95.2 cm³/mol. The molecule has 0 aliphatic carbocycles. The zero-order chi connectivity index (χ0) is 17.1. The van der Waals surface area contributed by atoms with Crippen molar-refractivity contribution in [1.82, 2.24) is 25.2 Å². The fraction of sp³-hybridized carbons (Fsp3) is 0.267. The molecule has 1 N–H and O–H groups in total. The average Bonchev–Trinajstić information content (AvgIpc) is 3.17. The van der Waals surface area contributed by atoms with E-state index in [1.165, 1.54) is 33.3 Å². The first-order valence-corrected chi connectivity index (χ1v) is 9.07. The van der Waals surface area contributed by atoms with Crippen LogP contribution in [0.4, 0.5) is 5.13 Å². The second-order valence-corrected chi connectivity index (χ2v) is 7.08. The largest absolute Gasteiger partial charge is 0.301 e. The van der Waals surface area contributed by atoms with Gasteiger partial charge in [-0.2, -0.15) is 0 Å². The summed E-state index contributed by atoms with van der Waals surface area (Å²) in [5.41, 5.74) is 4.31. The third-order valence-electron chi connectivity index (χ3n) is 3.33. The summed E-state index contributed by atoms with van der Waals surface area (Å²) in [5, 5.41) is 17.0. The minimum absolute atomic E-state index is 0.134. The lowest BCUT2D eigenvalue weighted by molar-refractivity contribution is -0.113. The van der Waals surface area contributed by atoms with Crippen LogP contribution in [0.1, 0.15) is 11.1 Å². The van der Waals surface area contributed by atoms with E-state index in [1.54, 1.807) is 7.05 Å². The Morgan fingerprint density at radius 3 is 2.96 bits per heavy atom. The maximum atomic E-state index is 12.0. The summed E-state index contributed by atoms with van der Waals surface area (Å²) in [5.74, 6) is 0.0944. The number of tetrazole rings is 1. The second kappa shape index (κ2) is 7.10. The number of anilines is 1. The zero-order valence-electron chi connectivity index (χ0n) is 13.5. The van der Waals surface area contributed by atoms with Crippen molar-refractivity contribution in [3.8, 4) is 11.3 Å². The van der Waals surface area contributed by atoms with E-state index < -0.39 is 0 Å². The van der Waals surface area contributed by atoms with Crippen LogP contribution in [0.15, 0.2) is 28.7 Å². The van der Waals surface area contributed by atoms with Crippen molar-refractivity contribution >= 4 is 34.1 Å². The average molecular weight is 360 g/mol. The number of amides is 1. The number of hydrogen-bond acceptors (Lipinski definition) is 7. The number of hydrogen-bond donors (Lipinski definition) is 1. The van der Waals surface area contributed by atoms with Crippen molar-refractivity contribution in [1.29, 1.82) is 0 Å². The first-order valence-electron chi connectivity index (χ1n) is 7.21. The fourth-order valence-electron chi connectivity index (χ4n) is 2.10. The zero-order valence-corrected chi connectivity index (χ0v) is 15.1. The van der Waals surface area contributed by atoms with Gasteiger partial charge in [0.2, 0.25) is 11.1 Å². The van der Waals surface area contributed by atoms with Crippen LogP contribution in [0.25, 0.3) is 11.3 Å². The van der Waals surface area contributed by atoms with E-state index in [1.807, 2.05) is 5.38 Å². The summed E-state index contributed by atoms with van der Waals surface area (Å²) in [7, 11) is 1.73. The van der Waals surface area contributed by atoms with Crippen LogP contribution in [0.5, 0.6) is 0 Å². The number of nitrogens with one attached hydrogen (secondary N) is 1. The van der Waals surface area contributed by atoms with Gasteiger partial charge in [-0.25, -0.2) is 9.67 Å². The minimum atomic E-state index is -0.134. The summed E-state index contributed by atoms with van der Waals surface area (Å²) in [6.45, 7) is 4.11. The molecule has 0 radical (unpaired) electrons. The molecule has 3 aromatic rings. The second-order valence-electron chi connectivity index (χ2n) is 5.28. The Morgan fingerprint density at radius 2 is 2.21 bits per heavy atom. The van der Waals surface area contributed by atoms with Gasteiger partial charge in [0.15, 0.2) is 5.13 Å². The van der Waals surface area contributed by atoms with Gasteiger partial charge in [0.05, 0.1) is 11.4 Å². The number of thiazole rings is 1. The number of thioether (sulfide) groups is 1. The molecule has 0 saturated heterocycles. The number of aromatic nitrogens is 5. The van der Waals surface area contributed by atoms with Crippen LogP contribution in [0.3, 0.4) is 0 Å². The quantitative estimate of drug-likeness (QED) is 0.704. The number of nitrogens with zero attached hydrogens (tertiary/aromatic N) is 5. The third-order valence-corrected chi connectivity index (χ3v) is 5.10. The summed E-state index contributed by atoms with van der Waals surface area (Å²) >= 11 is 2.70. The van der Waals surface area contributed by atoms with E-state index in [-0.39, 0.29) is 11.7 Å². The molecule has 9 heteroatoms. The lowest BCUT2D eigenvalue weighted by atomic mass is 10.0. The highest BCUT2D eigenvalue weighted by Gasteiger charge is 2.12. The maximum absolute atomic E-state index is 12.0. The molecule has 0 bridgehead atoms. The molecule has 0 aliphatic rings. The van der Waals surface area contributed by atoms with Crippen molar-refractivity contribution in [3.63, 3.8) is 0 Å². The number of carbonyl (C=O) groups is 1. The Labute approximate surface area is 147 Å². The molecule has 1 amide bonds. The molecule has 0 saturated carbocycles. The molecular weight excluding hydrogens is 344 g/mol. The standard InChI is InChI=1S/C15H16N6OS2/c1-9-4-5-10(2)11(6-9)12-7-23-14(16-12)17-13(22)8-24-15-18-19-20-21(15)3/h4-7H,8H2,1-3H3,(H,16,17,22). The smallest absolute Gasteiger partial charge is 0.236 e. The normalized spacial score (nSPS) is 10.8. The number of aryl methyl sites for hydroxylation is 3. The lowest BCUT2D eigenvalue weighted by Crippen LogP contribution is -2.14. The van der Waals surface area contributed by atoms with Gasteiger partial charge in [0, 0.05) is 18.0 Å². The number of rotatable bonds is 5. The van der Waals surface area contributed by atoms with Crippen molar-refractivity contribution in [2.45, 2.75) is 19.0 Å². The molecule has 0 spiro atoms. The molecule has 1 aromatic carbocycles. The van der Waals surface area contributed by atoms with Crippen LogP contribution >= 0.6 is 23.1 Å². The Morgan fingerprint density at radius 1 is 1.38 bits per heavy atom. The van der Waals surface area contributed by atoms with Crippen molar-refractivity contribution in [3.05, 3.63) is 34.7 Å². The number of carbonyl (C=O) groups excluding carboxylic acids is 1. The molecule has 2 heterocycles. The highest BCUT2D eigenvalue weighted by molar-refractivity contribution is 7.99. The van der Waals surface area contributed by atoms with Gasteiger partial charge in [-0.1, -0.05) is 29.5 Å². The molecule has 2 aromatic heterocycles. The highest BCUT2D eigenvalue weighted by atomic mass is 32.2. The highest BCUT2D eigenvalue weighted by Crippen LogP contribution is 2.28. The Kier molecular flexibility index (Phi) is 4.91. The fourth-order valence-corrected chi connectivity index (χ4v) is 3.47. The summed E-state index contributed by atoms with van der Waals surface area (Å²) in [4.78, 5) is 16.6. The Bertz CT molecular complexity index is 872. The monoisotopic (exact) mass is 360 g/mol. The van der Waals surface area contributed by atoms with Gasteiger partial charge in [-0.3, -0.25) is 4.79 Å². The first-order chi connectivity index (χ1) is 11.5. The van der Waals surface area contributed by atoms with Gasteiger partial charge >= 0.3 is 0 Å². The molecule has 0 fully saturated rings. The van der Waals surface area contributed by atoms with Crippen LogP contribution in [-0.4, -0.2) is 36.9 Å². The van der Waals surface area contributed by atoms with Crippen LogP contribution in [0.2, 0.25) is 0 Å². The Hall–Kier alpha value is -2.26. The van der Waals surface area contributed by atoms with Gasteiger partial charge in [0.1, 0.15) is 0 Å². The SMILES string of the molecule is Cc1ccc(C)c(-c2csc(NC(=O)CSc3nnnn3C)n2)c1. The first kappa shape index (κ1) is 16.6. The molecule has 124 valence electrons. The van der Waals surface area contributed by atoms with Gasteiger partial charge in [-0.15, -0.1) is 16.4 Å². The third kappa shape index (κ3) is 3.80. The van der Waals surface area contributed by atoms with E-state index >= 15 is 0 Å². The van der Waals surface area contributed by atoms with E-state index in [2.05, 4.69) is 57.9 Å². The van der Waals surface area contributed by atoms with Crippen molar-refractivity contribution < 1.29 is 4.79 Å². The van der Waals surface area contributed by atoms with Crippen LogP contribution in [0, 0.1) is 13.8 Å². The van der Waals surface area contributed by atoms with Crippen LogP contribution < -0.4 is 5.32 Å². The molecular formula is C15H16N6OS2. The minimum Gasteiger partial charge on any atom is -0.301 e. The van der Waals surface area contributed by atoms with Gasteiger partial charge in [-0.05, 0) is 35.9 Å². The maximum Gasteiger partial charge on any atom is 0.236 e. The topological polar surface area (TPSA) is 85.6 Å². The molecule has 3 rings (SSSR count). The molecule has 0 unspecified atom stereocenters. The van der Waals surface area contributed by atoms with Crippen molar-refractivity contribution in [2.24, 2.45) is 7.05 Å². The summed E-state index contributed by atoms with van der Waals surface area (Å²) < 4.78 is 1.53. The number of benzene rings is 1. The van der Waals surface area contributed by atoms with Crippen LogP contribution in [-0.2, 0) is 11.8 Å². The van der Waals surface area contributed by atoms with Crippen molar-refractivity contribution in [2.75, 3.05) is 11.1 Å². The Balaban J connectivity index is 1.64. The molecule has 24 heavy (non-hydrogen) atoms. The lowest BCUT2D eigenvalue weighted by Gasteiger charge is -2.04. The summed E-state index contributed by atoms with van der Waals surface area (Å²) in [6, 6.07) is 6.26. The molecule has 7 nitrogen and oxygen atoms in total. The van der Waals surface area contributed by atoms with E-state index in [0.29, 0.717) is 10.3 Å². The van der Waals surface area contributed by atoms with E-state index in [0.717, 1.165) is 16.8 Å². The van der Waals surface area contributed by atoms with Gasteiger partial charge < -0.3 is 5.32 Å². The van der Waals surface area contributed by atoms with E-state index in [9.17, 15) is 4.79 Å². The molecule has 0 aliphatic heterocycles. The summed E-state index contributed by atoms with van der Waals surface area (Å²) in [6.07, 6.45) is 0. The van der Waals surface area contributed by atoms with Gasteiger partial charge in [0.25, 0.3) is 0 Å². The molecule has 0 atom stereocenters. The van der Waals surface area contributed by atoms with E-state index in [4.69, 9.17) is 0 Å². The predicted octanol–water partition coefficient (Wildman–Crippen LogP) is 2.68.